The predicted octanol–water partition coefficient (Wildman–Crippen LogP) is 4.78. The van der Waals surface area contributed by atoms with Crippen molar-refractivity contribution >= 4 is 46.3 Å². The number of hydrogen-bond donors (Lipinski definition) is 3. The minimum Gasteiger partial charge on any atom is -0.494 e. The number of hydrogen-bond acceptors (Lipinski definition) is 8. The average molecular weight is 556 g/mol. The number of nitrogens with zero attached hydrogens (tertiary/aromatic N) is 4. The highest BCUT2D eigenvalue weighted by molar-refractivity contribution is 5.99. The van der Waals surface area contributed by atoms with Crippen molar-refractivity contribution in [2.24, 2.45) is 0 Å². The van der Waals surface area contributed by atoms with Crippen molar-refractivity contribution in [1.29, 1.82) is 0 Å². The van der Waals surface area contributed by atoms with E-state index in [0.717, 1.165) is 17.8 Å². The molecule has 0 saturated carbocycles. The van der Waals surface area contributed by atoms with Crippen molar-refractivity contribution in [3.8, 4) is 5.75 Å². The van der Waals surface area contributed by atoms with Gasteiger partial charge in [0.15, 0.2) is 5.69 Å². The largest absolute Gasteiger partial charge is 0.494 e. The van der Waals surface area contributed by atoms with Gasteiger partial charge < -0.3 is 30.5 Å². The van der Waals surface area contributed by atoms with E-state index in [0.29, 0.717) is 49.0 Å². The molecule has 2 aromatic carbocycles. The first-order chi connectivity index (χ1) is 19.0. The zero-order chi connectivity index (χ0) is 28.9. The van der Waals surface area contributed by atoms with E-state index in [1.54, 1.807) is 41.3 Å². The number of methoxy groups -OCH3 is 1. The Bertz CT molecular complexity index is 1410. The van der Waals surface area contributed by atoms with E-state index in [2.05, 4.69) is 37.4 Å². The Labute approximate surface area is 228 Å². The quantitative estimate of drug-likeness (QED) is 0.341. The van der Waals surface area contributed by atoms with Crippen molar-refractivity contribution < 1.29 is 27.5 Å². The number of rotatable bonds is 8. The van der Waals surface area contributed by atoms with Crippen LogP contribution in [0.3, 0.4) is 0 Å². The summed E-state index contributed by atoms with van der Waals surface area (Å²) >= 11 is 0. The SMILES string of the molecule is C=CC(=O)Nc1cccc(Nc2cc(C(F)(F)F)nc(Nc3ccc(N4CCN(C(C)=O)CC4)cc3OC)n2)c1. The number of ether oxygens (including phenoxy) is 1. The topological polar surface area (TPSA) is 112 Å². The maximum absolute atomic E-state index is 13.7. The molecule has 1 saturated heterocycles. The zero-order valence-electron chi connectivity index (χ0n) is 21.9. The van der Waals surface area contributed by atoms with Gasteiger partial charge in [0, 0.05) is 62.3 Å². The van der Waals surface area contributed by atoms with Gasteiger partial charge in [0.1, 0.15) is 11.6 Å². The summed E-state index contributed by atoms with van der Waals surface area (Å²) < 4.78 is 46.6. The van der Waals surface area contributed by atoms with Gasteiger partial charge in [-0.2, -0.15) is 18.2 Å². The molecule has 4 rings (SSSR count). The predicted molar refractivity (Wildman–Crippen MR) is 146 cm³/mol. The molecule has 0 unspecified atom stereocenters. The first kappa shape index (κ1) is 28.2. The van der Waals surface area contributed by atoms with Crippen LogP contribution in [0.2, 0.25) is 0 Å². The maximum Gasteiger partial charge on any atom is 0.433 e. The third-order valence-corrected chi connectivity index (χ3v) is 6.13. The number of carbonyl (C=O) groups is 2. The molecule has 0 bridgehead atoms. The van der Waals surface area contributed by atoms with Crippen molar-refractivity contribution in [2.75, 3.05) is 54.1 Å². The third kappa shape index (κ3) is 6.98. The lowest BCUT2D eigenvalue weighted by Crippen LogP contribution is -2.48. The van der Waals surface area contributed by atoms with Gasteiger partial charge in [0.25, 0.3) is 0 Å². The molecule has 0 atom stereocenters. The van der Waals surface area contributed by atoms with Gasteiger partial charge in [-0.05, 0) is 36.4 Å². The second kappa shape index (κ2) is 11.9. The molecular weight excluding hydrogens is 527 g/mol. The van der Waals surface area contributed by atoms with Crippen LogP contribution in [0, 0.1) is 0 Å². The Kier molecular flexibility index (Phi) is 8.41. The highest BCUT2D eigenvalue weighted by atomic mass is 19.4. The smallest absolute Gasteiger partial charge is 0.433 e. The van der Waals surface area contributed by atoms with E-state index in [1.807, 2.05) is 6.07 Å². The molecule has 3 N–H and O–H groups in total. The molecule has 40 heavy (non-hydrogen) atoms. The van der Waals surface area contributed by atoms with Crippen LogP contribution in [0.4, 0.5) is 47.7 Å². The van der Waals surface area contributed by atoms with E-state index in [4.69, 9.17) is 4.74 Å². The van der Waals surface area contributed by atoms with Crippen LogP contribution in [-0.4, -0.2) is 60.0 Å². The summed E-state index contributed by atoms with van der Waals surface area (Å²) in [5.41, 5.74) is 0.884. The normalized spacial score (nSPS) is 13.4. The van der Waals surface area contributed by atoms with E-state index in [1.165, 1.54) is 14.0 Å². The summed E-state index contributed by atoms with van der Waals surface area (Å²) in [7, 11) is 1.45. The number of aromatic nitrogens is 2. The van der Waals surface area contributed by atoms with Gasteiger partial charge in [0.05, 0.1) is 12.8 Å². The Balaban J connectivity index is 1.57. The summed E-state index contributed by atoms with van der Waals surface area (Å²) in [5, 5.41) is 8.25. The molecule has 13 heteroatoms. The van der Waals surface area contributed by atoms with Gasteiger partial charge in [-0.1, -0.05) is 12.6 Å². The molecule has 0 radical (unpaired) electrons. The van der Waals surface area contributed by atoms with E-state index < -0.39 is 17.8 Å². The minimum absolute atomic E-state index is 0.0268. The Hall–Kier alpha value is -4.81. The van der Waals surface area contributed by atoms with Crippen molar-refractivity contribution in [3.63, 3.8) is 0 Å². The summed E-state index contributed by atoms with van der Waals surface area (Å²) in [5.74, 6) is -0.430. The zero-order valence-corrected chi connectivity index (χ0v) is 21.9. The molecule has 2 amide bonds. The highest BCUT2D eigenvalue weighted by Gasteiger charge is 2.34. The van der Waals surface area contributed by atoms with Crippen LogP contribution in [0.5, 0.6) is 5.75 Å². The number of alkyl halides is 3. The molecule has 2 heterocycles. The number of nitrogens with one attached hydrogen (secondary N) is 3. The second-order valence-electron chi connectivity index (χ2n) is 8.86. The molecule has 0 aliphatic carbocycles. The van der Waals surface area contributed by atoms with Gasteiger partial charge in [-0.15, -0.1) is 0 Å². The molecule has 10 nitrogen and oxygen atoms in total. The van der Waals surface area contributed by atoms with Gasteiger partial charge in [-0.25, -0.2) is 4.98 Å². The second-order valence-corrected chi connectivity index (χ2v) is 8.86. The lowest BCUT2D eigenvalue weighted by atomic mass is 10.2. The molecular formula is C27H28F3N7O3. The molecule has 1 aliphatic rings. The van der Waals surface area contributed by atoms with Crippen LogP contribution < -0.4 is 25.6 Å². The fourth-order valence-electron chi connectivity index (χ4n) is 4.11. The van der Waals surface area contributed by atoms with Crippen molar-refractivity contribution in [3.05, 3.63) is 66.9 Å². The van der Waals surface area contributed by atoms with Crippen LogP contribution >= 0.6 is 0 Å². The Morgan fingerprint density at radius 2 is 1.73 bits per heavy atom. The van der Waals surface area contributed by atoms with E-state index in [-0.39, 0.29) is 17.7 Å². The lowest BCUT2D eigenvalue weighted by molar-refractivity contribution is -0.141. The summed E-state index contributed by atoms with van der Waals surface area (Å²) in [6.45, 7) is 7.39. The lowest BCUT2D eigenvalue weighted by Gasteiger charge is -2.35. The standard InChI is InChI=1S/C27H28F3N7O3/c1-4-25(39)32-19-7-5-6-18(14-19)31-24-16-23(27(28,29)30)34-26(35-24)33-21-9-8-20(15-22(21)40-3)37-12-10-36(11-13-37)17(2)38/h4-9,14-16H,1,10-13H2,2-3H3,(H,32,39)(H2,31,33,34,35). The molecule has 1 aliphatic heterocycles. The van der Waals surface area contributed by atoms with Crippen molar-refractivity contribution in [2.45, 2.75) is 13.1 Å². The first-order valence-corrected chi connectivity index (χ1v) is 12.3. The number of anilines is 6. The summed E-state index contributed by atoms with van der Waals surface area (Å²) in [6.07, 6.45) is -3.63. The first-order valence-electron chi connectivity index (χ1n) is 12.3. The Morgan fingerprint density at radius 3 is 2.38 bits per heavy atom. The third-order valence-electron chi connectivity index (χ3n) is 6.13. The van der Waals surface area contributed by atoms with Gasteiger partial charge in [-0.3, -0.25) is 9.59 Å². The van der Waals surface area contributed by atoms with E-state index in [9.17, 15) is 22.8 Å². The van der Waals surface area contributed by atoms with Gasteiger partial charge in [0.2, 0.25) is 17.8 Å². The van der Waals surface area contributed by atoms with Crippen LogP contribution in [0.25, 0.3) is 0 Å². The molecule has 0 spiro atoms. The fourth-order valence-corrected chi connectivity index (χ4v) is 4.11. The summed E-state index contributed by atoms with van der Waals surface area (Å²) in [6, 6.07) is 12.4. The summed E-state index contributed by atoms with van der Waals surface area (Å²) in [4.78, 5) is 35.0. The van der Waals surface area contributed by atoms with Crippen LogP contribution in [0.15, 0.2) is 61.2 Å². The molecule has 1 aromatic heterocycles. The number of carbonyl (C=O) groups excluding carboxylic acids is 2. The number of benzene rings is 2. The average Bonchev–Trinajstić information content (AvgIpc) is 2.93. The number of piperazine rings is 1. The van der Waals surface area contributed by atoms with Crippen LogP contribution in [0.1, 0.15) is 12.6 Å². The van der Waals surface area contributed by atoms with Crippen molar-refractivity contribution in [1.82, 2.24) is 14.9 Å². The number of halogens is 3. The molecule has 3 aromatic rings. The van der Waals surface area contributed by atoms with Gasteiger partial charge >= 0.3 is 6.18 Å². The molecule has 210 valence electrons. The van der Waals surface area contributed by atoms with Crippen LogP contribution in [-0.2, 0) is 15.8 Å². The maximum atomic E-state index is 13.7. The minimum atomic E-state index is -4.73. The Morgan fingerprint density at radius 1 is 1.00 bits per heavy atom. The fraction of sp³-hybridized carbons (Fsp3) is 0.259. The number of amides is 2. The highest BCUT2D eigenvalue weighted by Crippen LogP contribution is 2.34. The van der Waals surface area contributed by atoms with E-state index >= 15 is 0 Å². The monoisotopic (exact) mass is 555 g/mol. The molecule has 1 fully saturated rings.